The Morgan fingerprint density at radius 3 is 2.72 bits per heavy atom. The van der Waals surface area contributed by atoms with E-state index in [9.17, 15) is 0 Å². The molecular weight excluding hydrogens is 454 g/mol. The quantitative estimate of drug-likeness (QED) is 0.347. The predicted octanol–water partition coefficient (Wildman–Crippen LogP) is 4.10. The Hall–Kier alpha value is -2.10. The van der Waals surface area contributed by atoms with Crippen LogP contribution >= 0.6 is 27.7 Å². The van der Waals surface area contributed by atoms with Crippen LogP contribution in [-0.2, 0) is 6.54 Å². The molecule has 0 bridgehead atoms. The molecule has 2 aromatic carbocycles. The molecule has 0 unspecified atom stereocenters. The number of ether oxygens (including phenoxy) is 2. The van der Waals surface area contributed by atoms with Crippen LogP contribution in [0.25, 0.3) is 5.69 Å². The Morgan fingerprint density at radius 1 is 1.21 bits per heavy atom. The topological polar surface area (TPSA) is 74.1 Å². The van der Waals surface area contributed by atoms with Crippen molar-refractivity contribution in [3.05, 3.63) is 52.5 Å². The van der Waals surface area contributed by atoms with Crippen molar-refractivity contribution in [3.63, 3.8) is 0 Å². The van der Waals surface area contributed by atoms with E-state index in [0.717, 1.165) is 44.7 Å². The monoisotopic (exact) mass is 477 g/mol. The van der Waals surface area contributed by atoms with Crippen LogP contribution < -0.4 is 14.8 Å². The summed E-state index contributed by atoms with van der Waals surface area (Å²) in [7, 11) is 1.65. The third-order valence-electron chi connectivity index (χ3n) is 3.94. The average molecular weight is 478 g/mol. The van der Waals surface area contributed by atoms with Crippen LogP contribution in [0.5, 0.6) is 11.5 Å². The Labute approximate surface area is 183 Å². The van der Waals surface area contributed by atoms with Gasteiger partial charge in [-0.05, 0) is 48.5 Å². The van der Waals surface area contributed by atoms with E-state index in [1.807, 2.05) is 50.2 Å². The highest BCUT2D eigenvalue weighted by atomic mass is 79.9. The number of hydrogen-bond donors (Lipinski definition) is 1. The summed E-state index contributed by atoms with van der Waals surface area (Å²) in [5, 5.41) is 16.2. The fraction of sp³-hybridized carbons (Fsp3) is 0.350. The van der Waals surface area contributed by atoms with Gasteiger partial charge in [0, 0.05) is 28.9 Å². The lowest BCUT2D eigenvalue weighted by Gasteiger charge is -2.18. The second-order valence-electron chi connectivity index (χ2n) is 6.50. The maximum Gasteiger partial charge on any atom is 0.214 e. The third-order valence-corrected chi connectivity index (χ3v) is 5.32. The van der Waals surface area contributed by atoms with Gasteiger partial charge in [0.15, 0.2) is 11.5 Å². The summed E-state index contributed by atoms with van der Waals surface area (Å²) >= 11 is 5.15. The van der Waals surface area contributed by atoms with Crippen molar-refractivity contribution >= 4 is 27.7 Å². The number of hydrogen-bond acceptors (Lipinski definition) is 7. The normalized spacial score (nSPS) is 11.1. The van der Waals surface area contributed by atoms with Gasteiger partial charge in [0.25, 0.3) is 0 Å². The van der Waals surface area contributed by atoms with Crippen molar-refractivity contribution in [3.8, 4) is 17.2 Å². The van der Waals surface area contributed by atoms with E-state index in [0.29, 0.717) is 6.54 Å². The summed E-state index contributed by atoms with van der Waals surface area (Å²) in [6.07, 6.45) is 0.0660. The Kier molecular flexibility index (Phi) is 7.91. The molecule has 0 aliphatic heterocycles. The fourth-order valence-electron chi connectivity index (χ4n) is 2.71. The number of para-hydroxylation sites is 1. The van der Waals surface area contributed by atoms with Crippen LogP contribution in [0.1, 0.15) is 19.4 Å². The van der Waals surface area contributed by atoms with Gasteiger partial charge in [-0.3, -0.25) is 0 Å². The zero-order valence-electron chi connectivity index (χ0n) is 16.6. The van der Waals surface area contributed by atoms with Crippen molar-refractivity contribution < 1.29 is 9.47 Å². The molecule has 0 aliphatic carbocycles. The zero-order valence-corrected chi connectivity index (χ0v) is 19.0. The lowest BCUT2D eigenvalue weighted by Crippen LogP contribution is -2.18. The molecule has 3 aromatic rings. The molecule has 1 N–H and O–H groups in total. The minimum Gasteiger partial charge on any atom is -0.493 e. The van der Waals surface area contributed by atoms with Crippen LogP contribution in [-0.4, -0.2) is 45.7 Å². The average Bonchev–Trinajstić information content (AvgIpc) is 3.18. The maximum atomic E-state index is 5.98. The van der Waals surface area contributed by atoms with Gasteiger partial charge >= 0.3 is 0 Å². The Bertz CT molecular complexity index is 920. The maximum absolute atomic E-state index is 5.98. The summed E-state index contributed by atoms with van der Waals surface area (Å²) in [5.41, 5.74) is 1.99. The van der Waals surface area contributed by atoms with E-state index in [1.165, 1.54) is 0 Å². The molecule has 29 heavy (non-hydrogen) atoms. The molecule has 7 nitrogen and oxygen atoms in total. The number of aromatic nitrogens is 4. The first-order valence-electron chi connectivity index (χ1n) is 9.29. The smallest absolute Gasteiger partial charge is 0.214 e. The van der Waals surface area contributed by atoms with Gasteiger partial charge in [-0.25, -0.2) is 0 Å². The number of nitrogens with zero attached hydrogens (tertiary/aromatic N) is 4. The van der Waals surface area contributed by atoms with Crippen molar-refractivity contribution in [1.29, 1.82) is 0 Å². The second kappa shape index (κ2) is 10.6. The Balaban J connectivity index is 1.57. The number of benzene rings is 2. The summed E-state index contributed by atoms with van der Waals surface area (Å²) in [5.74, 6) is 2.33. The van der Waals surface area contributed by atoms with Gasteiger partial charge in [0.1, 0.15) is 0 Å². The molecule has 0 fully saturated rings. The SMILES string of the molecule is COc1cc(Br)cc(CNCCSc2nnnn2-c2ccccc2)c1OC(C)C. The van der Waals surface area contributed by atoms with Gasteiger partial charge in [-0.1, -0.05) is 45.9 Å². The highest BCUT2D eigenvalue weighted by molar-refractivity contribution is 9.10. The number of thioether (sulfide) groups is 1. The standard InChI is InChI=1S/C20H24BrN5O2S/c1-14(2)28-19-15(11-16(21)12-18(19)27-3)13-22-9-10-29-20-23-24-25-26(20)17-7-5-4-6-8-17/h4-8,11-12,14,22H,9-10,13H2,1-3H3. The molecule has 1 aromatic heterocycles. The molecule has 0 atom stereocenters. The fourth-order valence-corrected chi connectivity index (χ4v) is 3.98. The van der Waals surface area contributed by atoms with Gasteiger partial charge < -0.3 is 14.8 Å². The van der Waals surface area contributed by atoms with E-state index in [-0.39, 0.29) is 6.10 Å². The summed E-state index contributed by atoms with van der Waals surface area (Å²) in [4.78, 5) is 0. The molecule has 0 saturated heterocycles. The van der Waals surface area contributed by atoms with E-state index in [4.69, 9.17) is 9.47 Å². The summed E-state index contributed by atoms with van der Waals surface area (Å²) in [6, 6.07) is 13.8. The molecule has 0 saturated carbocycles. The molecule has 3 rings (SSSR count). The van der Waals surface area contributed by atoms with Gasteiger partial charge in [-0.2, -0.15) is 4.68 Å². The van der Waals surface area contributed by atoms with Crippen molar-refractivity contribution in [2.45, 2.75) is 31.7 Å². The molecular formula is C20H24BrN5O2S. The molecule has 0 spiro atoms. The van der Waals surface area contributed by atoms with Crippen LogP contribution in [0.15, 0.2) is 52.1 Å². The van der Waals surface area contributed by atoms with E-state index in [2.05, 4.69) is 42.8 Å². The van der Waals surface area contributed by atoms with Crippen LogP contribution in [0.4, 0.5) is 0 Å². The lowest BCUT2D eigenvalue weighted by molar-refractivity contribution is 0.227. The number of halogens is 1. The van der Waals surface area contributed by atoms with E-state index < -0.39 is 0 Å². The number of tetrazole rings is 1. The minimum atomic E-state index is 0.0660. The van der Waals surface area contributed by atoms with Crippen molar-refractivity contribution in [1.82, 2.24) is 25.5 Å². The highest BCUT2D eigenvalue weighted by Crippen LogP contribution is 2.35. The number of rotatable bonds is 10. The highest BCUT2D eigenvalue weighted by Gasteiger charge is 2.14. The molecule has 0 aliphatic rings. The van der Waals surface area contributed by atoms with Crippen molar-refractivity contribution in [2.24, 2.45) is 0 Å². The largest absolute Gasteiger partial charge is 0.493 e. The van der Waals surface area contributed by atoms with Crippen LogP contribution in [0, 0.1) is 0 Å². The van der Waals surface area contributed by atoms with Crippen LogP contribution in [0.3, 0.4) is 0 Å². The first-order valence-corrected chi connectivity index (χ1v) is 11.1. The molecule has 0 radical (unpaired) electrons. The van der Waals surface area contributed by atoms with Gasteiger partial charge in [0.05, 0.1) is 18.9 Å². The molecule has 9 heteroatoms. The van der Waals surface area contributed by atoms with E-state index in [1.54, 1.807) is 23.6 Å². The molecule has 1 heterocycles. The number of nitrogens with one attached hydrogen (secondary N) is 1. The summed E-state index contributed by atoms with van der Waals surface area (Å²) < 4.78 is 14.2. The zero-order chi connectivity index (χ0) is 20.6. The van der Waals surface area contributed by atoms with E-state index >= 15 is 0 Å². The third kappa shape index (κ3) is 5.94. The Morgan fingerprint density at radius 2 is 2.00 bits per heavy atom. The first kappa shape index (κ1) is 21.6. The summed E-state index contributed by atoms with van der Waals surface area (Å²) in [6.45, 7) is 5.48. The minimum absolute atomic E-state index is 0.0660. The van der Waals surface area contributed by atoms with Gasteiger partial charge in [0.2, 0.25) is 5.16 Å². The van der Waals surface area contributed by atoms with Gasteiger partial charge in [-0.15, -0.1) is 5.10 Å². The predicted molar refractivity (Wildman–Crippen MR) is 118 cm³/mol. The second-order valence-corrected chi connectivity index (χ2v) is 8.47. The van der Waals surface area contributed by atoms with Crippen molar-refractivity contribution in [2.75, 3.05) is 19.4 Å². The van der Waals surface area contributed by atoms with Crippen LogP contribution in [0.2, 0.25) is 0 Å². The number of methoxy groups -OCH3 is 1. The lowest BCUT2D eigenvalue weighted by atomic mass is 10.1. The molecule has 0 amide bonds. The molecule has 154 valence electrons. The first-order chi connectivity index (χ1) is 14.1.